The maximum atomic E-state index is 13.8. The first-order valence-corrected chi connectivity index (χ1v) is 8.06. The summed E-state index contributed by atoms with van der Waals surface area (Å²) < 4.78 is 57.1. The Bertz CT molecular complexity index is 430. The van der Waals surface area contributed by atoms with Crippen molar-refractivity contribution in [3.05, 3.63) is 0 Å². The molecule has 0 aromatic heterocycles. The zero-order valence-electron chi connectivity index (χ0n) is 16.1. The number of ether oxygens (including phenoxy) is 3. The van der Waals surface area contributed by atoms with Crippen LogP contribution in [0, 0.1) is 11.3 Å². The van der Waals surface area contributed by atoms with Gasteiger partial charge in [-0.2, -0.15) is 13.2 Å². The first-order chi connectivity index (χ1) is 10.6. The number of esters is 1. The highest BCUT2D eigenvalue weighted by atomic mass is 19.4. The molecule has 0 rings (SSSR count). The minimum absolute atomic E-state index is 0.310. The van der Waals surface area contributed by atoms with Crippen LogP contribution in [0.2, 0.25) is 0 Å². The van der Waals surface area contributed by atoms with Gasteiger partial charge in [-0.05, 0) is 41.0 Å². The smallest absolute Gasteiger partial charge is 0.421 e. The van der Waals surface area contributed by atoms with E-state index in [0.29, 0.717) is 6.42 Å². The van der Waals surface area contributed by atoms with Crippen molar-refractivity contribution >= 4 is 5.97 Å². The monoisotopic (exact) mass is 356 g/mol. The van der Waals surface area contributed by atoms with Crippen LogP contribution in [0.15, 0.2) is 0 Å². The number of carbonyl (C=O) groups is 1. The topological polar surface area (TPSA) is 44.8 Å². The van der Waals surface area contributed by atoms with Gasteiger partial charge in [0.05, 0.1) is 5.41 Å². The lowest BCUT2D eigenvalue weighted by Gasteiger charge is -2.46. The fourth-order valence-electron chi connectivity index (χ4n) is 1.85. The fourth-order valence-corrected chi connectivity index (χ4v) is 1.85. The fraction of sp³-hybridized carbons (Fsp3) is 0.941. The largest absolute Gasteiger partial charge is 0.456 e. The predicted octanol–water partition coefficient (Wildman–Crippen LogP) is 4.71. The molecule has 0 saturated carbocycles. The van der Waals surface area contributed by atoms with Crippen molar-refractivity contribution in [1.29, 1.82) is 0 Å². The van der Waals surface area contributed by atoms with Crippen molar-refractivity contribution in [2.45, 2.75) is 85.5 Å². The first kappa shape index (κ1) is 23.2. The Kier molecular flexibility index (Phi) is 7.34. The molecule has 0 saturated heterocycles. The Hall–Kier alpha value is -0.820. The molecule has 0 aliphatic rings. The number of hydrogen-bond acceptors (Lipinski definition) is 4. The van der Waals surface area contributed by atoms with Gasteiger partial charge in [0.25, 0.3) is 0 Å². The SMILES string of the molecule is CCC(C)(C)C(=O)OC(C)(C)C(C)(OC(OC)C(C)C)C(F)(F)F. The average Bonchev–Trinajstić information content (AvgIpc) is 2.41. The molecule has 0 aliphatic carbocycles. The van der Waals surface area contributed by atoms with E-state index < -0.39 is 35.1 Å². The van der Waals surface area contributed by atoms with Gasteiger partial charge >= 0.3 is 12.1 Å². The summed E-state index contributed by atoms with van der Waals surface area (Å²) >= 11 is 0. The second-order valence-electron chi connectivity index (χ2n) is 7.63. The molecular formula is C17H31F3O4. The van der Waals surface area contributed by atoms with E-state index in [4.69, 9.17) is 14.2 Å². The number of halogens is 3. The molecule has 0 aromatic carbocycles. The van der Waals surface area contributed by atoms with Gasteiger partial charge in [0.15, 0.2) is 6.29 Å². The van der Waals surface area contributed by atoms with Crippen LogP contribution in [0.5, 0.6) is 0 Å². The van der Waals surface area contributed by atoms with Gasteiger partial charge in [0, 0.05) is 13.0 Å². The van der Waals surface area contributed by atoms with Crippen molar-refractivity contribution < 1.29 is 32.2 Å². The van der Waals surface area contributed by atoms with Crippen molar-refractivity contribution in [1.82, 2.24) is 0 Å². The summed E-state index contributed by atoms with van der Waals surface area (Å²) in [7, 11) is 1.28. The molecule has 0 spiro atoms. The molecule has 7 heteroatoms. The summed E-state index contributed by atoms with van der Waals surface area (Å²) in [6, 6.07) is 0. The van der Waals surface area contributed by atoms with E-state index in [1.165, 1.54) is 21.0 Å². The molecule has 24 heavy (non-hydrogen) atoms. The molecule has 2 unspecified atom stereocenters. The van der Waals surface area contributed by atoms with E-state index in [9.17, 15) is 18.0 Å². The number of hydrogen-bond donors (Lipinski definition) is 0. The second kappa shape index (κ2) is 7.60. The summed E-state index contributed by atoms with van der Waals surface area (Å²) in [6.07, 6.45) is -5.41. The molecule has 0 aromatic rings. The highest BCUT2D eigenvalue weighted by Gasteiger charge is 2.65. The number of carbonyl (C=O) groups excluding carboxylic acids is 1. The quantitative estimate of drug-likeness (QED) is 0.467. The third-order valence-electron chi connectivity index (χ3n) is 4.60. The zero-order valence-corrected chi connectivity index (χ0v) is 16.1. The summed E-state index contributed by atoms with van der Waals surface area (Å²) in [5.41, 5.74) is -5.56. The lowest BCUT2D eigenvalue weighted by molar-refractivity contribution is -0.363. The van der Waals surface area contributed by atoms with Crippen LogP contribution in [0.4, 0.5) is 13.2 Å². The summed E-state index contributed by atoms with van der Waals surface area (Å²) in [6.45, 7) is 11.7. The van der Waals surface area contributed by atoms with Crippen LogP contribution in [-0.4, -0.2) is 36.7 Å². The Morgan fingerprint density at radius 3 is 1.79 bits per heavy atom. The molecular weight excluding hydrogens is 325 g/mol. The number of methoxy groups -OCH3 is 1. The van der Waals surface area contributed by atoms with Gasteiger partial charge < -0.3 is 14.2 Å². The summed E-state index contributed by atoms with van der Waals surface area (Å²) in [5.74, 6) is -1.01. The Morgan fingerprint density at radius 1 is 1.04 bits per heavy atom. The predicted molar refractivity (Wildman–Crippen MR) is 85.4 cm³/mol. The lowest BCUT2D eigenvalue weighted by Crippen LogP contribution is -2.63. The van der Waals surface area contributed by atoms with Gasteiger partial charge in [0.2, 0.25) is 5.60 Å². The van der Waals surface area contributed by atoms with Gasteiger partial charge in [-0.1, -0.05) is 20.8 Å². The standard InChI is InChI=1S/C17H31F3O4/c1-10-14(4,5)13(21)24-15(6,7)16(8,17(18,19)20)23-12(22-9)11(2)3/h11-12H,10H2,1-9H3. The van der Waals surface area contributed by atoms with Crippen LogP contribution >= 0.6 is 0 Å². The highest BCUT2D eigenvalue weighted by molar-refractivity contribution is 5.76. The summed E-state index contributed by atoms with van der Waals surface area (Å²) in [5, 5.41) is 0. The Labute approximate surface area is 143 Å². The van der Waals surface area contributed by atoms with Gasteiger partial charge in [-0.25, -0.2) is 0 Å². The number of alkyl halides is 3. The van der Waals surface area contributed by atoms with Crippen molar-refractivity contribution in [2.75, 3.05) is 7.11 Å². The number of rotatable bonds is 8. The Morgan fingerprint density at radius 2 is 1.50 bits per heavy atom. The maximum Gasteiger partial charge on any atom is 0.421 e. The van der Waals surface area contributed by atoms with Gasteiger partial charge in [0.1, 0.15) is 5.60 Å². The van der Waals surface area contributed by atoms with E-state index >= 15 is 0 Å². The average molecular weight is 356 g/mol. The van der Waals surface area contributed by atoms with Crippen molar-refractivity contribution in [3.8, 4) is 0 Å². The molecule has 0 radical (unpaired) electrons. The minimum atomic E-state index is -4.77. The first-order valence-electron chi connectivity index (χ1n) is 8.06. The molecule has 0 heterocycles. The molecule has 0 N–H and O–H groups in total. The van der Waals surface area contributed by atoms with E-state index in [1.54, 1.807) is 34.6 Å². The van der Waals surface area contributed by atoms with Gasteiger partial charge in [-0.3, -0.25) is 4.79 Å². The van der Waals surface area contributed by atoms with Crippen LogP contribution in [0.1, 0.15) is 61.8 Å². The van der Waals surface area contributed by atoms with E-state index in [1.807, 2.05) is 0 Å². The second-order valence-corrected chi connectivity index (χ2v) is 7.63. The van der Waals surface area contributed by atoms with E-state index in [0.717, 1.165) is 6.92 Å². The van der Waals surface area contributed by atoms with E-state index in [2.05, 4.69) is 0 Å². The maximum absolute atomic E-state index is 13.8. The van der Waals surface area contributed by atoms with Crippen LogP contribution in [-0.2, 0) is 19.0 Å². The van der Waals surface area contributed by atoms with Crippen molar-refractivity contribution in [2.24, 2.45) is 11.3 Å². The molecule has 2 atom stereocenters. The van der Waals surface area contributed by atoms with Crippen LogP contribution in [0.25, 0.3) is 0 Å². The molecule has 0 fully saturated rings. The normalized spacial score (nSPS) is 17.5. The molecule has 0 bridgehead atoms. The van der Waals surface area contributed by atoms with E-state index in [-0.39, 0.29) is 5.92 Å². The third-order valence-corrected chi connectivity index (χ3v) is 4.60. The molecule has 144 valence electrons. The minimum Gasteiger partial charge on any atom is -0.456 e. The molecule has 0 aliphatic heterocycles. The van der Waals surface area contributed by atoms with Crippen LogP contribution < -0.4 is 0 Å². The molecule has 4 nitrogen and oxygen atoms in total. The molecule has 0 amide bonds. The lowest BCUT2D eigenvalue weighted by atomic mass is 9.84. The van der Waals surface area contributed by atoms with Crippen LogP contribution in [0.3, 0.4) is 0 Å². The Balaban J connectivity index is 5.77. The third kappa shape index (κ3) is 4.85. The van der Waals surface area contributed by atoms with Crippen molar-refractivity contribution in [3.63, 3.8) is 0 Å². The highest BCUT2D eigenvalue weighted by Crippen LogP contribution is 2.45. The van der Waals surface area contributed by atoms with Gasteiger partial charge in [-0.15, -0.1) is 0 Å². The summed E-state index contributed by atoms with van der Waals surface area (Å²) in [4.78, 5) is 12.3. The zero-order chi connectivity index (χ0) is 19.6.